The highest BCUT2D eigenvalue weighted by Crippen LogP contribution is 1.87. The van der Waals surface area contributed by atoms with Gasteiger partial charge >= 0.3 is 0 Å². The Balaban J connectivity index is 2.45. The summed E-state index contributed by atoms with van der Waals surface area (Å²) >= 11 is 0. The third kappa shape index (κ3) is 0.429. The molecule has 1 aliphatic heterocycles. The highest BCUT2D eigenvalue weighted by molar-refractivity contribution is 5.51. The first-order chi connectivity index (χ1) is 2.89. The predicted molar refractivity (Wildman–Crippen MR) is 20.3 cm³/mol. The van der Waals surface area contributed by atoms with Crippen molar-refractivity contribution in [2.45, 2.75) is 6.42 Å². The number of hydrogen-bond acceptors (Lipinski definition) is 2. The van der Waals surface area contributed by atoms with E-state index in [1.807, 2.05) is 0 Å². The second kappa shape index (κ2) is 1.16. The molecule has 6 heavy (non-hydrogen) atoms. The lowest BCUT2D eigenvalue weighted by Crippen LogP contribution is -1.93. The largest absolute Gasteiger partial charge is 0.403 e. The first kappa shape index (κ1) is 3.46. The van der Waals surface area contributed by atoms with Gasteiger partial charge in [0.25, 0.3) is 0 Å². The molecule has 0 amide bonds. The standard InChI is InChI=1S/C3H5NO2/c5-4-2-1-3-6-4/h2H,1,3H2. The Morgan fingerprint density at radius 2 is 2.67 bits per heavy atom. The fraction of sp³-hybridized carbons (Fsp3) is 0.667. The van der Waals surface area contributed by atoms with Crippen molar-refractivity contribution in [3.05, 3.63) is 5.21 Å². The second-order valence-electron chi connectivity index (χ2n) is 1.09. The quantitative estimate of drug-likeness (QED) is 0.387. The topological polar surface area (TPSA) is 35.3 Å². The molecule has 0 atom stereocenters. The van der Waals surface area contributed by atoms with E-state index in [1.54, 1.807) is 0 Å². The molecule has 0 bridgehead atoms. The molecule has 1 heterocycles. The van der Waals surface area contributed by atoms with Crippen molar-refractivity contribution in [3.8, 4) is 0 Å². The van der Waals surface area contributed by atoms with E-state index < -0.39 is 0 Å². The van der Waals surface area contributed by atoms with Gasteiger partial charge in [0.05, 0.1) is 6.61 Å². The summed E-state index contributed by atoms with van der Waals surface area (Å²) in [5, 5.41) is 9.88. The van der Waals surface area contributed by atoms with Gasteiger partial charge in [0.2, 0.25) is 6.21 Å². The van der Waals surface area contributed by atoms with E-state index in [0.29, 0.717) is 11.5 Å². The zero-order chi connectivity index (χ0) is 4.41. The molecule has 0 aliphatic carbocycles. The molecule has 0 radical (unpaired) electrons. The molecule has 1 rings (SSSR count). The Morgan fingerprint density at radius 1 is 1.83 bits per heavy atom. The lowest BCUT2D eigenvalue weighted by Gasteiger charge is -1.89. The van der Waals surface area contributed by atoms with E-state index in [1.165, 1.54) is 6.21 Å². The summed E-state index contributed by atoms with van der Waals surface area (Å²) in [6, 6.07) is 0. The van der Waals surface area contributed by atoms with Crippen LogP contribution >= 0.6 is 0 Å². The van der Waals surface area contributed by atoms with Crippen LogP contribution < -0.4 is 0 Å². The molecule has 0 aromatic heterocycles. The van der Waals surface area contributed by atoms with Crippen LogP contribution in [0.2, 0.25) is 0 Å². The first-order valence-corrected chi connectivity index (χ1v) is 1.82. The molecule has 3 heteroatoms. The van der Waals surface area contributed by atoms with E-state index in [4.69, 9.17) is 0 Å². The lowest BCUT2D eigenvalue weighted by atomic mass is 10.5. The van der Waals surface area contributed by atoms with Gasteiger partial charge in [0.1, 0.15) is 0 Å². The van der Waals surface area contributed by atoms with Crippen molar-refractivity contribution in [1.29, 1.82) is 0 Å². The van der Waals surface area contributed by atoms with Gasteiger partial charge in [-0.25, -0.2) is 0 Å². The van der Waals surface area contributed by atoms with Crippen LogP contribution in [-0.2, 0) is 4.84 Å². The average molecular weight is 87.1 g/mol. The van der Waals surface area contributed by atoms with Crippen molar-refractivity contribution >= 4 is 6.21 Å². The SMILES string of the molecule is [O-][N+]1=CCCO1. The lowest BCUT2D eigenvalue weighted by molar-refractivity contribution is -0.727. The highest BCUT2D eigenvalue weighted by Gasteiger charge is 1.98. The van der Waals surface area contributed by atoms with Gasteiger partial charge in [-0.15, -0.1) is 0 Å². The Kier molecular flexibility index (Phi) is 0.670. The summed E-state index contributed by atoms with van der Waals surface area (Å²) in [6.07, 6.45) is 2.21. The number of rotatable bonds is 0. The van der Waals surface area contributed by atoms with Crippen LogP contribution in [0.1, 0.15) is 6.42 Å². The molecule has 0 aromatic rings. The minimum Gasteiger partial charge on any atom is -0.403 e. The minimum atomic E-state index is 0.486. The predicted octanol–water partition coefficient (Wildman–Crippen LogP) is -0.0972. The Morgan fingerprint density at radius 3 is 2.83 bits per heavy atom. The summed E-state index contributed by atoms with van der Waals surface area (Å²) in [7, 11) is 0. The van der Waals surface area contributed by atoms with Gasteiger partial charge in [-0.1, -0.05) is 0 Å². The van der Waals surface area contributed by atoms with Crippen LogP contribution in [0, 0.1) is 5.21 Å². The van der Waals surface area contributed by atoms with Gasteiger partial charge in [0, 0.05) is 11.3 Å². The van der Waals surface area contributed by atoms with Crippen LogP contribution in [0.5, 0.6) is 0 Å². The molecular weight excluding hydrogens is 82.0 g/mol. The fourth-order valence-electron chi connectivity index (χ4n) is 0.353. The zero-order valence-corrected chi connectivity index (χ0v) is 3.26. The van der Waals surface area contributed by atoms with Crippen molar-refractivity contribution in [3.63, 3.8) is 0 Å². The molecule has 34 valence electrons. The van der Waals surface area contributed by atoms with Crippen LogP contribution in [0.3, 0.4) is 0 Å². The molecule has 1 aliphatic rings. The smallest absolute Gasteiger partial charge is 0.211 e. The summed E-state index contributed by atoms with van der Waals surface area (Å²) in [5.74, 6) is 0. The maximum atomic E-state index is 9.88. The van der Waals surface area contributed by atoms with Gasteiger partial charge in [-0.3, -0.25) is 5.21 Å². The van der Waals surface area contributed by atoms with E-state index in [2.05, 4.69) is 4.84 Å². The average Bonchev–Trinajstić information content (AvgIpc) is 1.86. The van der Waals surface area contributed by atoms with Crippen LogP contribution in [0.25, 0.3) is 0 Å². The van der Waals surface area contributed by atoms with Crippen molar-refractivity contribution in [2.75, 3.05) is 6.61 Å². The minimum absolute atomic E-state index is 0.486. The van der Waals surface area contributed by atoms with E-state index in [9.17, 15) is 5.21 Å². The van der Waals surface area contributed by atoms with E-state index in [0.717, 1.165) is 6.42 Å². The summed E-state index contributed by atoms with van der Waals surface area (Å²) in [4.78, 5) is 4.86. The molecule has 0 aromatic carbocycles. The number of nitrogens with zero attached hydrogens (tertiary/aromatic N) is 1. The van der Waals surface area contributed by atoms with E-state index in [-0.39, 0.29) is 0 Å². The van der Waals surface area contributed by atoms with Crippen LogP contribution in [0.4, 0.5) is 0 Å². The Hall–Kier alpha value is -0.730. The summed E-state index contributed by atoms with van der Waals surface area (Å²) in [6.45, 7) is 0.545. The van der Waals surface area contributed by atoms with Gasteiger partial charge in [-0.05, 0) is 0 Å². The third-order valence-corrected chi connectivity index (χ3v) is 0.615. The van der Waals surface area contributed by atoms with Crippen molar-refractivity contribution in [2.24, 2.45) is 0 Å². The third-order valence-electron chi connectivity index (χ3n) is 0.615. The van der Waals surface area contributed by atoms with Crippen LogP contribution in [-0.4, -0.2) is 17.7 Å². The summed E-state index contributed by atoms with van der Waals surface area (Å²) < 4.78 is 0. The maximum Gasteiger partial charge on any atom is 0.211 e. The maximum absolute atomic E-state index is 9.88. The normalized spacial score (nSPS) is 19.7. The fourth-order valence-corrected chi connectivity index (χ4v) is 0.353. The summed E-state index contributed by atoms with van der Waals surface area (Å²) in [5.41, 5.74) is 0. The van der Waals surface area contributed by atoms with Gasteiger partial charge in [-0.2, -0.15) is 0 Å². The zero-order valence-electron chi connectivity index (χ0n) is 3.26. The van der Waals surface area contributed by atoms with Gasteiger partial charge < -0.3 is 4.84 Å². The monoisotopic (exact) mass is 87.0 g/mol. The number of hydrogen-bond donors (Lipinski definition) is 0. The highest BCUT2D eigenvalue weighted by atomic mass is 16.9. The first-order valence-electron chi connectivity index (χ1n) is 1.82. The molecule has 0 unspecified atom stereocenters. The van der Waals surface area contributed by atoms with Gasteiger partial charge in [0.15, 0.2) is 0 Å². The molecule has 3 nitrogen and oxygen atoms in total. The molecule has 0 N–H and O–H groups in total. The second-order valence-corrected chi connectivity index (χ2v) is 1.09. The Labute approximate surface area is 35.4 Å². The van der Waals surface area contributed by atoms with E-state index >= 15 is 0 Å². The molecule has 0 saturated carbocycles. The van der Waals surface area contributed by atoms with Crippen molar-refractivity contribution in [1.82, 2.24) is 0 Å². The Bertz CT molecular complexity index is 78.9. The molecule has 0 spiro atoms. The molecule has 0 saturated heterocycles. The van der Waals surface area contributed by atoms with Crippen LogP contribution in [0.15, 0.2) is 0 Å². The molecular formula is C3H5NO2. The van der Waals surface area contributed by atoms with Crippen molar-refractivity contribution < 1.29 is 9.74 Å². The molecule has 0 fully saturated rings.